The quantitative estimate of drug-likeness (QED) is 0.299. The van der Waals surface area contributed by atoms with Crippen molar-refractivity contribution in [1.82, 2.24) is 0 Å². The number of fused-ring (bicyclic) bond motifs is 7. The van der Waals surface area contributed by atoms with Crippen molar-refractivity contribution in [3.05, 3.63) is 143 Å². The van der Waals surface area contributed by atoms with Crippen LogP contribution in [0.1, 0.15) is 69.7 Å². The number of carbonyl (C=O) groups excluding carboxylic acids is 2. The highest BCUT2D eigenvalue weighted by molar-refractivity contribution is 6.22. The van der Waals surface area contributed by atoms with E-state index in [1.807, 2.05) is 66.7 Å². The normalized spacial score (nSPS) is 28.7. The molecular formula is C34H28O2. The fourth-order valence-electron chi connectivity index (χ4n) is 8.58. The Morgan fingerprint density at radius 1 is 0.583 bits per heavy atom. The van der Waals surface area contributed by atoms with Gasteiger partial charge in [0.25, 0.3) is 0 Å². The fraction of sp³-hybridized carbons (Fsp3) is 0.235. The molecule has 2 nitrogen and oxygen atoms in total. The first-order valence-corrected chi connectivity index (χ1v) is 12.8. The SMILES string of the molecule is CC(C)(C)C12c3ccccc3C3C(C(=O)c4ccccc4)(c4ccccc41)C32C(=O)c1ccccc1. The summed E-state index contributed by atoms with van der Waals surface area (Å²) in [6, 6.07) is 36.1. The molecule has 0 amide bonds. The molecule has 0 spiro atoms. The van der Waals surface area contributed by atoms with Gasteiger partial charge in [0, 0.05) is 22.5 Å². The molecule has 7 rings (SSSR count). The van der Waals surface area contributed by atoms with Gasteiger partial charge in [-0.2, -0.15) is 0 Å². The largest absolute Gasteiger partial charge is 0.293 e. The van der Waals surface area contributed by atoms with Crippen molar-refractivity contribution >= 4 is 11.6 Å². The molecule has 4 aromatic carbocycles. The Kier molecular flexibility index (Phi) is 4.00. The summed E-state index contributed by atoms with van der Waals surface area (Å²) in [4.78, 5) is 29.9. The molecule has 3 aliphatic carbocycles. The number of Topliss-reactive ketones (excluding diaryl/α,β-unsaturated/α-hetero) is 2. The van der Waals surface area contributed by atoms with E-state index in [9.17, 15) is 4.79 Å². The molecule has 0 heterocycles. The standard InChI is InChI=1S/C34H28O2/c1-31(2,3)33-25-19-11-10-18-24(25)28-32(26-20-12-13-21-27(26)33,29(35)22-14-6-4-7-15-22)34(28,33)30(36)23-16-8-5-9-17-23/h4-21,28H,1-3H3. The van der Waals surface area contributed by atoms with E-state index < -0.39 is 16.2 Å². The van der Waals surface area contributed by atoms with Gasteiger partial charge in [-0.05, 0) is 27.7 Å². The van der Waals surface area contributed by atoms with Crippen LogP contribution < -0.4 is 0 Å². The summed E-state index contributed by atoms with van der Waals surface area (Å²) < 4.78 is 0. The molecule has 4 aromatic rings. The average molecular weight is 469 g/mol. The molecule has 0 aliphatic heterocycles. The van der Waals surface area contributed by atoms with E-state index in [-0.39, 0.29) is 22.9 Å². The maximum Gasteiger partial charge on any atom is 0.175 e. The number of rotatable bonds is 4. The molecule has 2 heteroatoms. The van der Waals surface area contributed by atoms with Gasteiger partial charge in [-0.3, -0.25) is 9.59 Å². The van der Waals surface area contributed by atoms with Gasteiger partial charge in [-0.25, -0.2) is 0 Å². The average Bonchev–Trinajstić information content (AvgIpc) is 3.37. The molecular weight excluding hydrogens is 440 g/mol. The van der Waals surface area contributed by atoms with Gasteiger partial charge in [0.15, 0.2) is 11.6 Å². The van der Waals surface area contributed by atoms with Crippen LogP contribution in [0.25, 0.3) is 0 Å². The van der Waals surface area contributed by atoms with Gasteiger partial charge < -0.3 is 0 Å². The van der Waals surface area contributed by atoms with E-state index in [1.54, 1.807) is 0 Å². The summed E-state index contributed by atoms with van der Waals surface area (Å²) in [5.41, 5.74) is 3.06. The summed E-state index contributed by atoms with van der Waals surface area (Å²) in [6.07, 6.45) is 0. The summed E-state index contributed by atoms with van der Waals surface area (Å²) >= 11 is 0. The lowest BCUT2D eigenvalue weighted by atomic mass is 9.53. The van der Waals surface area contributed by atoms with Gasteiger partial charge in [0.1, 0.15) is 0 Å². The number of hydrogen-bond donors (Lipinski definition) is 0. The molecule has 1 saturated carbocycles. The van der Waals surface area contributed by atoms with Crippen molar-refractivity contribution in [3.8, 4) is 0 Å². The molecule has 1 fully saturated rings. The zero-order valence-corrected chi connectivity index (χ0v) is 20.8. The second-order valence-electron chi connectivity index (χ2n) is 11.6. The minimum Gasteiger partial charge on any atom is -0.293 e. The number of ketones is 2. The van der Waals surface area contributed by atoms with Crippen LogP contribution in [-0.2, 0) is 10.8 Å². The van der Waals surface area contributed by atoms with E-state index in [1.165, 1.54) is 5.56 Å². The third-order valence-electron chi connectivity index (χ3n) is 9.34. The van der Waals surface area contributed by atoms with Crippen molar-refractivity contribution in [1.29, 1.82) is 0 Å². The first-order valence-electron chi connectivity index (χ1n) is 12.8. The maximum atomic E-state index is 15.0. The van der Waals surface area contributed by atoms with E-state index >= 15 is 4.79 Å². The summed E-state index contributed by atoms with van der Waals surface area (Å²) in [7, 11) is 0. The van der Waals surface area contributed by atoms with Gasteiger partial charge in [-0.1, -0.05) is 130 Å². The third-order valence-corrected chi connectivity index (χ3v) is 9.34. The Hall–Kier alpha value is -3.78. The van der Waals surface area contributed by atoms with Gasteiger partial charge in [0.2, 0.25) is 0 Å². The lowest BCUT2D eigenvalue weighted by Crippen LogP contribution is -2.51. The Labute approximate surface area is 212 Å². The van der Waals surface area contributed by atoms with Crippen LogP contribution in [0.3, 0.4) is 0 Å². The van der Waals surface area contributed by atoms with E-state index in [4.69, 9.17) is 0 Å². The van der Waals surface area contributed by atoms with Crippen LogP contribution in [0.4, 0.5) is 0 Å². The van der Waals surface area contributed by atoms with E-state index in [2.05, 4.69) is 63.2 Å². The smallest absolute Gasteiger partial charge is 0.175 e. The van der Waals surface area contributed by atoms with Crippen LogP contribution in [0.5, 0.6) is 0 Å². The molecule has 4 atom stereocenters. The predicted octanol–water partition coefficient (Wildman–Crippen LogP) is 7.13. The van der Waals surface area contributed by atoms with Gasteiger partial charge in [0.05, 0.1) is 10.8 Å². The first-order chi connectivity index (χ1) is 17.4. The zero-order valence-electron chi connectivity index (χ0n) is 20.8. The second kappa shape index (κ2) is 6.70. The monoisotopic (exact) mass is 468 g/mol. The molecule has 0 aromatic heterocycles. The molecule has 3 aliphatic rings. The lowest BCUT2D eigenvalue weighted by molar-refractivity contribution is 0.0651. The highest BCUT2D eigenvalue weighted by atomic mass is 16.1. The summed E-state index contributed by atoms with van der Waals surface area (Å²) in [5.74, 6) is -0.0547. The molecule has 0 N–H and O–H groups in total. The Morgan fingerprint density at radius 2 is 1.06 bits per heavy atom. The number of benzene rings is 4. The minimum absolute atomic E-state index is 0.0606. The number of hydrogen-bond acceptors (Lipinski definition) is 2. The number of carbonyl (C=O) groups is 2. The maximum absolute atomic E-state index is 15.0. The Morgan fingerprint density at radius 3 is 1.64 bits per heavy atom. The second-order valence-corrected chi connectivity index (χ2v) is 11.6. The Bertz CT molecular complexity index is 1560. The van der Waals surface area contributed by atoms with Crippen molar-refractivity contribution in [3.63, 3.8) is 0 Å². The first kappa shape index (κ1) is 21.5. The van der Waals surface area contributed by atoms with Gasteiger partial charge in [-0.15, -0.1) is 0 Å². The zero-order chi connectivity index (χ0) is 24.9. The fourth-order valence-corrected chi connectivity index (χ4v) is 8.58. The summed E-state index contributed by atoms with van der Waals surface area (Å²) in [6.45, 7) is 6.72. The van der Waals surface area contributed by atoms with Crippen LogP contribution in [0.2, 0.25) is 0 Å². The topological polar surface area (TPSA) is 34.1 Å². The third kappa shape index (κ3) is 2.01. The lowest BCUT2D eigenvalue weighted by Gasteiger charge is -2.48. The molecule has 4 unspecified atom stereocenters. The van der Waals surface area contributed by atoms with Crippen molar-refractivity contribution in [2.75, 3.05) is 0 Å². The highest BCUT2D eigenvalue weighted by Crippen LogP contribution is 2.94. The molecule has 0 saturated heterocycles. The molecule has 36 heavy (non-hydrogen) atoms. The van der Waals surface area contributed by atoms with Crippen LogP contribution in [0, 0.1) is 10.8 Å². The Balaban J connectivity index is 1.67. The van der Waals surface area contributed by atoms with E-state index in [0.29, 0.717) is 11.1 Å². The minimum atomic E-state index is -0.931. The molecule has 0 bridgehead atoms. The molecule has 0 radical (unpaired) electrons. The van der Waals surface area contributed by atoms with Crippen molar-refractivity contribution < 1.29 is 9.59 Å². The van der Waals surface area contributed by atoms with Crippen molar-refractivity contribution in [2.45, 2.75) is 37.5 Å². The van der Waals surface area contributed by atoms with E-state index in [0.717, 1.165) is 16.7 Å². The van der Waals surface area contributed by atoms with Crippen LogP contribution in [-0.4, -0.2) is 11.6 Å². The van der Waals surface area contributed by atoms with Crippen LogP contribution >= 0.6 is 0 Å². The highest BCUT2D eigenvalue weighted by Gasteiger charge is 2.98. The van der Waals surface area contributed by atoms with Crippen molar-refractivity contribution in [2.24, 2.45) is 10.8 Å². The predicted molar refractivity (Wildman–Crippen MR) is 142 cm³/mol. The van der Waals surface area contributed by atoms with Gasteiger partial charge >= 0.3 is 0 Å². The van der Waals surface area contributed by atoms with Crippen LogP contribution in [0.15, 0.2) is 109 Å². The summed E-state index contributed by atoms with van der Waals surface area (Å²) in [5, 5.41) is 0. The molecule has 176 valence electrons.